The van der Waals surface area contributed by atoms with E-state index in [0.717, 1.165) is 0 Å². The number of carbonyl (C=O) groups is 3. The number of ether oxygens (including phenoxy) is 2. The Balaban J connectivity index is 1.42. The second kappa shape index (κ2) is 10.9. The molecule has 0 bridgehead atoms. The Hall–Kier alpha value is -3.17. The molecule has 170 valence electrons. The van der Waals surface area contributed by atoms with Crippen LogP contribution in [-0.2, 0) is 14.3 Å². The van der Waals surface area contributed by atoms with Crippen LogP contribution >= 0.6 is 11.6 Å². The van der Waals surface area contributed by atoms with Crippen molar-refractivity contribution in [3.63, 3.8) is 0 Å². The number of hydrogen-bond donors (Lipinski definition) is 1. The number of nitrogens with one attached hydrogen (secondary N) is 1. The standard InChI is InChI=1S/C22H23ClFN3O5/c1-31-22(30)15-2-7-19(18(23)12-15)32-14-21(29)27-10-8-26(9-11-27)13-20(28)25-17-5-3-16(24)4-6-17/h2-7,12H,8-11,13-14H2,1H3,(H,25,28). The molecule has 0 unspecified atom stereocenters. The van der Waals surface area contributed by atoms with Crippen LogP contribution in [0.15, 0.2) is 42.5 Å². The van der Waals surface area contributed by atoms with Gasteiger partial charge in [0.15, 0.2) is 6.61 Å². The molecule has 0 aromatic heterocycles. The van der Waals surface area contributed by atoms with Crippen molar-refractivity contribution in [2.45, 2.75) is 0 Å². The van der Waals surface area contributed by atoms with E-state index in [2.05, 4.69) is 10.1 Å². The van der Waals surface area contributed by atoms with Crippen molar-refractivity contribution in [3.8, 4) is 5.75 Å². The van der Waals surface area contributed by atoms with Gasteiger partial charge in [0.25, 0.3) is 5.91 Å². The second-order valence-corrected chi connectivity index (χ2v) is 7.54. The number of carbonyl (C=O) groups excluding carboxylic acids is 3. The van der Waals surface area contributed by atoms with Gasteiger partial charge in [0.05, 0.1) is 24.2 Å². The van der Waals surface area contributed by atoms with Gasteiger partial charge in [0.2, 0.25) is 5.91 Å². The van der Waals surface area contributed by atoms with Crippen LogP contribution in [0.5, 0.6) is 5.75 Å². The lowest BCUT2D eigenvalue weighted by molar-refractivity contribution is -0.135. The summed E-state index contributed by atoms with van der Waals surface area (Å²) in [6.07, 6.45) is 0. The molecule has 0 aliphatic carbocycles. The van der Waals surface area contributed by atoms with Gasteiger partial charge in [-0.3, -0.25) is 14.5 Å². The number of benzene rings is 2. The smallest absolute Gasteiger partial charge is 0.337 e. The molecule has 1 N–H and O–H groups in total. The molecule has 10 heteroatoms. The fraction of sp³-hybridized carbons (Fsp3) is 0.318. The van der Waals surface area contributed by atoms with Crippen molar-refractivity contribution in [2.75, 3.05) is 51.8 Å². The monoisotopic (exact) mass is 463 g/mol. The number of halogens is 2. The van der Waals surface area contributed by atoms with Crippen LogP contribution in [0.1, 0.15) is 10.4 Å². The minimum atomic E-state index is -0.515. The number of hydrogen-bond acceptors (Lipinski definition) is 6. The van der Waals surface area contributed by atoms with E-state index >= 15 is 0 Å². The van der Waals surface area contributed by atoms with Crippen LogP contribution in [-0.4, -0.2) is 74.0 Å². The summed E-state index contributed by atoms with van der Waals surface area (Å²) in [6, 6.07) is 10.00. The largest absolute Gasteiger partial charge is 0.482 e. The van der Waals surface area contributed by atoms with Crippen molar-refractivity contribution >= 4 is 35.1 Å². The summed E-state index contributed by atoms with van der Waals surface area (Å²) in [5.41, 5.74) is 0.816. The third kappa shape index (κ3) is 6.41. The maximum atomic E-state index is 12.9. The highest BCUT2D eigenvalue weighted by molar-refractivity contribution is 6.32. The third-order valence-electron chi connectivity index (χ3n) is 4.92. The van der Waals surface area contributed by atoms with Crippen molar-refractivity contribution in [2.24, 2.45) is 0 Å². The highest BCUT2D eigenvalue weighted by Crippen LogP contribution is 2.26. The van der Waals surface area contributed by atoms with Crippen molar-refractivity contribution in [1.82, 2.24) is 9.80 Å². The fourth-order valence-corrected chi connectivity index (χ4v) is 3.42. The molecular weight excluding hydrogens is 441 g/mol. The van der Waals surface area contributed by atoms with Crippen molar-refractivity contribution in [1.29, 1.82) is 0 Å². The molecule has 1 aliphatic heterocycles. The predicted octanol–water partition coefficient (Wildman–Crippen LogP) is 2.43. The van der Waals surface area contributed by atoms with E-state index in [1.807, 2.05) is 4.90 Å². The number of nitrogens with zero attached hydrogens (tertiary/aromatic N) is 2. The van der Waals surface area contributed by atoms with E-state index in [0.29, 0.717) is 37.6 Å². The van der Waals surface area contributed by atoms with E-state index in [1.165, 1.54) is 49.6 Å². The Morgan fingerprint density at radius 1 is 1.06 bits per heavy atom. The summed E-state index contributed by atoms with van der Waals surface area (Å²) in [6.45, 7) is 1.98. The number of rotatable bonds is 7. The number of anilines is 1. The topological polar surface area (TPSA) is 88.2 Å². The van der Waals surface area contributed by atoms with Gasteiger partial charge >= 0.3 is 5.97 Å². The summed E-state index contributed by atoms with van der Waals surface area (Å²) in [7, 11) is 1.27. The second-order valence-electron chi connectivity index (χ2n) is 7.14. The molecule has 2 aromatic carbocycles. The molecule has 1 saturated heterocycles. The molecule has 32 heavy (non-hydrogen) atoms. The first-order valence-electron chi connectivity index (χ1n) is 9.92. The van der Waals surface area contributed by atoms with E-state index in [4.69, 9.17) is 16.3 Å². The first kappa shape index (κ1) is 23.5. The van der Waals surface area contributed by atoms with Gasteiger partial charge in [-0.15, -0.1) is 0 Å². The first-order chi connectivity index (χ1) is 15.4. The Bertz CT molecular complexity index is 978. The minimum Gasteiger partial charge on any atom is -0.482 e. The molecule has 8 nitrogen and oxygen atoms in total. The number of esters is 1. The maximum absolute atomic E-state index is 12.9. The highest BCUT2D eigenvalue weighted by atomic mass is 35.5. The van der Waals surface area contributed by atoms with Crippen LogP contribution in [0.2, 0.25) is 5.02 Å². The Morgan fingerprint density at radius 2 is 1.75 bits per heavy atom. The zero-order valence-electron chi connectivity index (χ0n) is 17.5. The number of methoxy groups -OCH3 is 1. The van der Waals surface area contributed by atoms with Crippen molar-refractivity contribution < 1.29 is 28.2 Å². The van der Waals surface area contributed by atoms with Gasteiger partial charge in [-0.05, 0) is 42.5 Å². The molecule has 1 aliphatic rings. The lowest BCUT2D eigenvalue weighted by atomic mass is 10.2. The molecule has 0 spiro atoms. The summed E-state index contributed by atoms with van der Waals surface area (Å²) in [4.78, 5) is 39.7. The van der Waals surface area contributed by atoms with Gasteiger partial charge in [0, 0.05) is 31.9 Å². The lowest BCUT2D eigenvalue weighted by Gasteiger charge is -2.34. The van der Waals surface area contributed by atoms with Crippen molar-refractivity contribution in [3.05, 3.63) is 58.9 Å². The van der Waals surface area contributed by atoms with E-state index in [-0.39, 0.29) is 41.4 Å². The van der Waals surface area contributed by atoms with Crippen LogP contribution in [0.4, 0.5) is 10.1 Å². The third-order valence-corrected chi connectivity index (χ3v) is 5.22. The minimum absolute atomic E-state index is 0.179. The van der Waals surface area contributed by atoms with Crippen LogP contribution in [0.25, 0.3) is 0 Å². The summed E-state index contributed by atoms with van der Waals surface area (Å²) >= 11 is 6.11. The molecule has 0 atom stereocenters. The molecule has 3 rings (SSSR count). The van der Waals surface area contributed by atoms with Gasteiger partial charge < -0.3 is 19.7 Å². The highest BCUT2D eigenvalue weighted by Gasteiger charge is 2.23. The van der Waals surface area contributed by atoms with Crippen LogP contribution in [0, 0.1) is 5.82 Å². The molecule has 2 aromatic rings. The normalized spacial score (nSPS) is 14.0. The van der Waals surface area contributed by atoms with E-state index in [9.17, 15) is 18.8 Å². The average molecular weight is 464 g/mol. The van der Waals surface area contributed by atoms with Gasteiger partial charge in [-0.25, -0.2) is 9.18 Å². The zero-order chi connectivity index (χ0) is 23.1. The SMILES string of the molecule is COC(=O)c1ccc(OCC(=O)N2CCN(CC(=O)Nc3ccc(F)cc3)CC2)c(Cl)c1. The molecular formula is C22H23ClFN3O5. The molecule has 0 radical (unpaired) electrons. The van der Waals surface area contributed by atoms with E-state index in [1.54, 1.807) is 4.90 Å². The first-order valence-corrected chi connectivity index (χ1v) is 10.3. The van der Waals surface area contributed by atoms with Gasteiger partial charge in [-0.2, -0.15) is 0 Å². The Kier molecular flexibility index (Phi) is 8.02. The number of amides is 2. The molecule has 2 amide bonds. The predicted molar refractivity (Wildman–Crippen MR) is 116 cm³/mol. The van der Waals surface area contributed by atoms with Crippen LogP contribution in [0.3, 0.4) is 0 Å². The molecule has 1 fully saturated rings. The fourth-order valence-electron chi connectivity index (χ4n) is 3.19. The average Bonchev–Trinajstić information content (AvgIpc) is 2.79. The lowest BCUT2D eigenvalue weighted by Crippen LogP contribution is -2.51. The Labute approximate surface area is 189 Å². The van der Waals surface area contributed by atoms with Gasteiger partial charge in [-0.1, -0.05) is 11.6 Å². The quantitative estimate of drug-likeness (QED) is 0.634. The Morgan fingerprint density at radius 3 is 2.38 bits per heavy atom. The maximum Gasteiger partial charge on any atom is 0.337 e. The summed E-state index contributed by atoms with van der Waals surface area (Å²) < 4.78 is 23.1. The van der Waals surface area contributed by atoms with Gasteiger partial charge in [0.1, 0.15) is 11.6 Å². The zero-order valence-corrected chi connectivity index (χ0v) is 18.2. The van der Waals surface area contributed by atoms with Crippen LogP contribution < -0.4 is 10.1 Å². The number of piperazine rings is 1. The molecule has 1 heterocycles. The molecule has 0 saturated carbocycles. The van der Waals surface area contributed by atoms with E-state index < -0.39 is 5.97 Å². The summed E-state index contributed by atoms with van der Waals surface area (Å²) in [5, 5.41) is 2.93. The summed E-state index contributed by atoms with van der Waals surface area (Å²) in [5.74, 6) is -0.992.